The molecule has 2 aromatic rings. The fourth-order valence-electron chi connectivity index (χ4n) is 1.70. The van der Waals surface area contributed by atoms with Gasteiger partial charge in [0.25, 0.3) is 0 Å². The van der Waals surface area contributed by atoms with Crippen LogP contribution in [0.25, 0.3) is 11.2 Å². The topological polar surface area (TPSA) is 116 Å². The fourth-order valence-corrected chi connectivity index (χ4v) is 1.70. The number of nitrogens with zero attached hydrogens (tertiary/aromatic N) is 4. The van der Waals surface area contributed by atoms with Crippen LogP contribution in [0.4, 0.5) is 5.82 Å². The Kier molecular flexibility index (Phi) is 4.08. The second kappa shape index (κ2) is 5.65. The molecule has 114 valence electrons. The first kappa shape index (κ1) is 15.2. The van der Waals surface area contributed by atoms with Gasteiger partial charge in [0.1, 0.15) is 24.6 Å². The van der Waals surface area contributed by atoms with Crippen molar-refractivity contribution in [3.05, 3.63) is 12.7 Å². The summed E-state index contributed by atoms with van der Waals surface area (Å²) in [5, 5.41) is 9.96. The maximum Gasteiger partial charge on any atom is 0.311 e. The van der Waals surface area contributed by atoms with Gasteiger partial charge in [0.2, 0.25) is 0 Å². The quantitative estimate of drug-likeness (QED) is 0.782. The number of imidazole rings is 1. The third-order valence-electron chi connectivity index (χ3n) is 2.86. The highest BCUT2D eigenvalue weighted by atomic mass is 16.5. The maximum absolute atomic E-state index is 11.6. The van der Waals surface area contributed by atoms with Gasteiger partial charge in [-0.25, -0.2) is 15.0 Å². The van der Waals surface area contributed by atoms with Crippen LogP contribution in [0, 0.1) is 5.41 Å². The third-order valence-corrected chi connectivity index (χ3v) is 2.86. The maximum atomic E-state index is 11.6. The normalized spacial score (nSPS) is 13.3. The monoisotopic (exact) mass is 293 g/mol. The van der Waals surface area contributed by atoms with Gasteiger partial charge < -0.3 is 20.1 Å². The highest BCUT2D eigenvalue weighted by Crippen LogP contribution is 2.16. The Balaban J connectivity index is 2.01. The molecule has 21 heavy (non-hydrogen) atoms. The molecule has 0 aliphatic carbocycles. The van der Waals surface area contributed by atoms with Gasteiger partial charge in [0, 0.05) is 0 Å². The molecule has 2 rings (SSSR count). The van der Waals surface area contributed by atoms with Crippen LogP contribution in [0.15, 0.2) is 12.7 Å². The zero-order valence-corrected chi connectivity index (χ0v) is 12.3. The Morgan fingerprint density at radius 2 is 2.14 bits per heavy atom. The summed E-state index contributed by atoms with van der Waals surface area (Å²) < 4.78 is 6.71. The van der Waals surface area contributed by atoms with Crippen molar-refractivity contribution in [3.63, 3.8) is 0 Å². The van der Waals surface area contributed by atoms with E-state index >= 15 is 0 Å². The van der Waals surface area contributed by atoms with Crippen molar-refractivity contribution in [2.24, 2.45) is 5.41 Å². The van der Waals surface area contributed by atoms with E-state index in [2.05, 4.69) is 15.0 Å². The standard InChI is InChI=1S/C13H19N5O3/c1-13(2,3)12(20)21-5-8(19)4-18-7-17-9-10(14)15-6-16-11(9)18/h6-8,19H,4-5H2,1-3H3,(H2,14,15,16). The van der Waals surface area contributed by atoms with Crippen molar-refractivity contribution in [2.45, 2.75) is 33.4 Å². The molecule has 1 atom stereocenters. The molecule has 8 nitrogen and oxygen atoms in total. The summed E-state index contributed by atoms with van der Waals surface area (Å²) in [5.74, 6) is -0.0731. The third kappa shape index (κ3) is 3.46. The average molecular weight is 293 g/mol. The molecule has 3 N–H and O–H groups in total. The summed E-state index contributed by atoms with van der Waals surface area (Å²) in [6.07, 6.45) is 2.00. The van der Waals surface area contributed by atoms with Crippen molar-refractivity contribution in [1.29, 1.82) is 0 Å². The predicted octanol–water partition coefficient (Wildman–Crippen LogP) is 0.359. The Bertz CT molecular complexity index is 647. The van der Waals surface area contributed by atoms with E-state index in [0.29, 0.717) is 11.2 Å². The van der Waals surface area contributed by atoms with Gasteiger partial charge in [0.15, 0.2) is 11.5 Å². The summed E-state index contributed by atoms with van der Waals surface area (Å²) in [4.78, 5) is 23.7. The van der Waals surface area contributed by atoms with Crippen molar-refractivity contribution in [3.8, 4) is 0 Å². The van der Waals surface area contributed by atoms with Gasteiger partial charge in [-0.15, -0.1) is 0 Å². The molecule has 2 aromatic heterocycles. The Morgan fingerprint density at radius 3 is 2.81 bits per heavy atom. The first-order valence-electron chi connectivity index (χ1n) is 6.55. The van der Waals surface area contributed by atoms with Crippen LogP contribution in [0.2, 0.25) is 0 Å². The lowest BCUT2D eigenvalue weighted by Crippen LogP contribution is -2.29. The molecule has 0 aromatic carbocycles. The molecule has 0 saturated heterocycles. The molecule has 0 amide bonds. The number of hydrogen-bond donors (Lipinski definition) is 2. The Labute approximate surface area is 122 Å². The minimum Gasteiger partial charge on any atom is -0.462 e. The number of carbonyl (C=O) groups excluding carboxylic acids is 1. The first-order valence-corrected chi connectivity index (χ1v) is 6.55. The highest BCUT2D eigenvalue weighted by molar-refractivity contribution is 5.81. The summed E-state index contributed by atoms with van der Waals surface area (Å²) in [6, 6.07) is 0. The number of hydrogen-bond acceptors (Lipinski definition) is 7. The second-order valence-corrected chi connectivity index (χ2v) is 5.83. The van der Waals surface area contributed by atoms with Crippen LogP contribution in [-0.2, 0) is 16.1 Å². The van der Waals surface area contributed by atoms with E-state index in [-0.39, 0.29) is 24.9 Å². The van der Waals surface area contributed by atoms with Crippen LogP contribution in [-0.4, -0.2) is 43.3 Å². The van der Waals surface area contributed by atoms with Crippen LogP contribution >= 0.6 is 0 Å². The lowest BCUT2D eigenvalue weighted by atomic mass is 9.97. The predicted molar refractivity (Wildman–Crippen MR) is 76.2 cm³/mol. The molecular weight excluding hydrogens is 274 g/mol. The van der Waals surface area contributed by atoms with E-state index in [0.717, 1.165) is 0 Å². The zero-order chi connectivity index (χ0) is 15.6. The van der Waals surface area contributed by atoms with Crippen LogP contribution in [0.5, 0.6) is 0 Å². The number of fused-ring (bicyclic) bond motifs is 1. The minimum absolute atomic E-state index is 0.0870. The lowest BCUT2D eigenvalue weighted by molar-refractivity contribution is -0.156. The van der Waals surface area contributed by atoms with E-state index in [1.807, 2.05) is 0 Å². The van der Waals surface area contributed by atoms with Gasteiger partial charge in [-0.3, -0.25) is 4.79 Å². The number of esters is 1. The number of aliphatic hydroxyl groups is 1. The minimum atomic E-state index is -0.857. The Morgan fingerprint density at radius 1 is 1.43 bits per heavy atom. The average Bonchev–Trinajstić information content (AvgIpc) is 2.79. The van der Waals surface area contributed by atoms with E-state index in [9.17, 15) is 9.90 Å². The first-order chi connectivity index (χ1) is 9.79. The van der Waals surface area contributed by atoms with Gasteiger partial charge in [-0.2, -0.15) is 0 Å². The van der Waals surface area contributed by atoms with Crippen LogP contribution in [0.1, 0.15) is 20.8 Å². The molecule has 0 spiro atoms. The van der Waals surface area contributed by atoms with Crippen LogP contribution in [0.3, 0.4) is 0 Å². The van der Waals surface area contributed by atoms with Crippen molar-refractivity contribution >= 4 is 23.0 Å². The smallest absolute Gasteiger partial charge is 0.311 e. The van der Waals surface area contributed by atoms with Crippen molar-refractivity contribution in [1.82, 2.24) is 19.5 Å². The van der Waals surface area contributed by atoms with E-state index in [1.54, 1.807) is 25.3 Å². The number of ether oxygens (including phenoxy) is 1. The lowest BCUT2D eigenvalue weighted by Gasteiger charge is -2.18. The molecule has 0 fully saturated rings. The SMILES string of the molecule is CC(C)(C)C(=O)OCC(O)Cn1cnc2c(N)ncnc21. The Hall–Kier alpha value is -2.22. The molecule has 8 heteroatoms. The number of carbonyl (C=O) groups is 1. The molecular formula is C13H19N5O3. The molecule has 0 aliphatic rings. The number of nitrogen functional groups attached to an aromatic ring is 1. The van der Waals surface area contributed by atoms with E-state index in [1.165, 1.54) is 12.7 Å². The van der Waals surface area contributed by atoms with Crippen molar-refractivity contribution < 1.29 is 14.6 Å². The number of nitrogens with two attached hydrogens (primary N) is 1. The molecule has 0 aliphatic heterocycles. The second-order valence-electron chi connectivity index (χ2n) is 5.83. The van der Waals surface area contributed by atoms with E-state index < -0.39 is 11.5 Å². The molecule has 2 heterocycles. The number of aromatic nitrogens is 4. The van der Waals surface area contributed by atoms with Gasteiger partial charge in [-0.1, -0.05) is 0 Å². The van der Waals surface area contributed by atoms with Gasteiger partial charge in [0.05, 0.1) is 18.3 Å². The molecule has 0 bridgehead atoms. The van der Waals surface area contributed by atoms with Crippen molar-refractivity contribution in [2.75, 3.05) is 12.3 Å². The fraction of sp³-hybridized carbons (Fsp3) is 0.538. The number of anilines is 1. The van der Waals surface area contributed by atoms with Crippen LogP contribution < -0.4 is 5.73 Å². The molecule has 1 unspecified atom stereocenters. The summed E-state index contributed by atoms with van der Waals surface area (Å²) in [5.41, 5.74) is 6.11. The number of aliphatic hydroxyl groups excluding tert-OH is 1. The molecule has 0 radical (unpaired) electrons. The van der Waals surface area contributed by atoms with Gasteiger partial charge >= 0.3 is 5.97 Å². The summed E-state index contributed by atoms with van der Waals surface area (Å²) in [7, 11) is 0. The molecule has 0 saturated carbocycles. The largest absolute Gasteiger partial charge is 0.462 e. The summed E-state index contributed by atoms with van der Waals surface area (Å²) in [6.45, 7) is 5.38. The van der Waals surface area contributed by atoms with E-state index in [4.69, 9.17) is 10.5 Å². The highest BCUT2D eigenvalue weighted by Gasteiger charge is 2.24. The van der Waals surface area contributed by atoms with Gasteiger partial charge in [-0.05, 0) is 20.8 Å². The zero-order valence-electron chi connectivity index (χ0n) is 12.3. The summed E-state index contributed by atoms with van der Waals surface area (Å²) >= 11 is 0. The number of rotatable bonds is 4.